The van der Waals surface area contributed by atoms with Crippen molar-refractivity contribution in [3.8, 4) is 0 Å². The van der Waals surface area contributed by atoms with Crippen molar-refractivity contribution in [2.45, 2.75) is 5.25 Å². The summed E-state index contributed by atoms with van der Waals surface area (Å²) in [5.41, 5.74) is 3.15. The average Bonchev–Trinajstić information content (AvgIpc) is 2.54. The average molecular weight is 250 g/mol. The molecule has 17 heavy (non-hydrogen) atoms. The molecule has 1 aromatic rings. The third-order valence-corrected chi connectivity index (χ3v) is 4.02. The van der Waals surface area contributed by atoms with Crippen LogP contribution < -0.4 is 4.90 Å². The molecule has 0 spiro atoms. The van der Waals surface area contributed by atoms with Crippen LogP contribution in [0.1, 0.15) is 21.2 Å². The van der Waals surface area contributed by atoms with Crippen molar-refractivity contribution in [1.29, 1.82) is 0 Å². The third-order valence-electron chi connectivity index (χ3n) is 2.90. The topological polar surface area (TPSA) is 23.6 Å². The Morgan fingerprint density at radius 3 is 2.53 bits per heavy atom. The first-order valence-corrected chi connectivity index (χ1v) is 6.54. The third kappa shape index (κ3) is 2.48. The lowest BCUT2D eigenvalue weighted by Gasteiger charge is -2.17. The highest BCUT2D eigenvalue weighted by Gasteiger charge is 2.30. The maximum atomic E-state index is 12.0. The van der Waals surface area contributed by atoms with Crippen LogP contribution in [-0.2, 0) is 0 Å². The number of hydrogen-bond donors (Lipinski definition) is 0. The van der Waals surface area contributed by atoms with Crippen LogP contribution in [0.15, 0.2) is 18.2 Å². The lowest BCUT2D eigenvalue weighted by atomic mass is 10.0. The minimum atomic E-state index is 0.204. The van der Waals surface area contributed by atoms with Crippen LogP contribution in [0.4, 0.5) is 5.69 Å². The molecule has 1 atom stereocenters. The minimum Gasteiger partial charge on any atom is -0.378 e. The van der Waals surface area contributed by atoms with E-state index in [1.165, 1.54) is 17.3 Å². The lowest BCUT2D eigenvalue weighted by Crippen LogP contribution is -2.17. The maximum absolute atomic E-state index is 12.0. The van der Waals surface area contributed by atoms with Gasteiger partial charge in [-0.25, -0.2) is 0 Å². The molecule has 92 valence electrons. The summed E-state index contributed by atoms with van der Waals surface area (Å²) < 4.78 is 0. The summed E-state index contributed by atoms with van der Waals surface area (Å²) in [7, 11) is 8.06. The molecule has 0 aliphatic carbocycles. The zero-order valence-electron chi connectivity index (χ0n) is 10.7. The van der Waals surface area contributed by atoms with Crippen molar-refractivity contribution < 1.29 is 4.79 Å². The van der Waals surface area contributed by atoms with E-state index in [0.29, 0.717) is 0 Å². The molecule has 0 amide bonds. The van der Waals surface area contributed by atoms with Gasteiger partial charge in [0.05, 0.1) is 5.25 Å². The highest BCUT2D eigenvalue weighted by atomic mass is 32.2. The fourth-order valence-corrected chi connectivity index (χ4v) is 3.27. The zero-order valence-corrected chi connectivity index (χ0v) is 11.5. The number of thioether (sulfide) groups is 1. The van der Waals surface area contributed by atoms with E-state index in [1.807, 2.05) is 39.2 Å². The van der Waals surface area contributed by atoms with Crippen LogP contribution in [0.3, 0.4) is 0 Å². The largest absolute Gasteiger partial charge is 0.378 e. The Balaban J connectivity index is 2.33. The first-order valence-electron chi connectivity index (χ1n) is 5.66. The van der Waals surface area contributed by atoms with Crippen LogP contribution in [0, 0.1) is 0 Å². The molecule has 1 unspecified atom stereocenters. The van der Waals surface area contributed by atoms with Gasteiger partial charge in [0.15, 0.2) is 0 Å². The highest BCUT2D eigenvalue weighted by Crippen LogP contribution is 2.42. The molecule has 1 aliphatic rings. The Kier molecular flexibility index (Phi) is 3.45. The molecule has 3 nitrogen and oxygen atoms in total. The summed E-state index contributed by atoms with van der Waals surface area (Å²) in [6.07, 6.45) is 0. The second-order valence-corrected chi connectivity index (χ2v) is 6.00. The number of carbonyl (C=O) groups is 1. The van der Waals surface area contributed by atoms with Gasteiger partial charge in [0, 0.05) is 31.9 Å². The Morgan fingerprint density at radius 2 is 1.94 bits per heavy atom. The van der Waals surface area contributed by atoms with Crippen LogP contribution in [0.2, 0.25) is 0 Å². The normalized spacial score (nSPS) is 18.6. The summed E-state index contributed by atoms with van der Waals surface area (Å²) in [6, 6.07) is 6.18. The van der Waals surface area contributed by atoms with Gasteiger partial charge >= 0.3 is 0 Å². The monoisotopic (exact) mass is 250 g/mol. The van der Waals surface area contributed by atoms with Crippen molar-refractivity contribution in [1.82, 2.24) is 4.90 Å². The molecule has 1 aliphatic heterocycles. The van der Waals surface area contributed by atoms with Crippen LogP contribution >= 0.6 is 11.8 Å². The van der Waals surface area contributed by atoms with Gasteiger partial charge in [-0.2, -0.15) is 0 Å². The van der Waals surface area contributed by atoms with Crippen LogP contribution in [-0.4, -0.2) is 44.8 Å². The van der Waals surface area contributed by atoms with E-state index >= 15 is 0 Å². The molecule has 0 saturated carbocycles. The van der Waals surface area contributed by atoms with E-state index in [4.69, 9.17) is 0 Å². The van der Waals surface area contributed by atoms with Crippen LogP contribution in [0.5, 0.6) is 0 Å². The molecular formula is C13H18N2OS. The van der Waals surface area contributed by atoms with Crippen LogP contribution in [0.25, 0.3) is 0 Å². The number of hydrogen-bond acceptors (Lipinski definition) is 4. The zero-order chi connectivity index (χ0) is 12.6. The number of benzene rings is 1. The van der Waals surface area contributed by atoms with Crippen molar-refractivity contribution >= 4 is 22.6 Å². The van der Waals surface area contributed by atoms with Gasteiger partial charge in [0.1, 0.15) is 0 Å². The number of nitrogens with zero attached hydrogens (tertiary/aromatic N) is 2. The Labute approximate surface area is 107 Å². The molecule has 0 fully saturated rings. The smallest absolute Gasteiger partial charge is 0.220 e. The van der Waals surface area contributed by atoms with Gasteiger partial charge in [0.25, 0.3) is 0 Å². The number of fused-ring (bicyclic) bond motifs is 1. The molecule has 0 N–H and O–H groups in total. The summed E-state index contributed by atoms with van der Waals surface area (Å²) in [4.78, 5) is 16.1. The van der Waals surface area contributed by atoms with E-state index in [0.717, 1.165) is 17.8 Å². The van der Waals surface area contributed by atoms with Crippen molar-refractivity contribution in [2.24, 2.45) is 0 Å². The second-order valence-electron chi connectivity index (χ2n) is 4.82. The van der Waals surface area contributed by atoms with Crippen molar-refractivity contribution in [3.05, 3.63) is 29.3 Å². The summed E-state index contributed by atoms with van der Waals surface area (Å²) in [5, 5.41) is 0.485. The second kappa shape index (κ2) is 4.70. The summed E-state index contributed by atoms with van der Waals surface area (Å²) in [6.45, 7) is 0.907. The minimum absolute atomic E-state index is 0.204. The van der Waals surface area contributed by atoms with Crippen molar-refractivity contribution in [3.63, 3.8) is 0 Å². The lowest BCUT2D eigenvalue weighted by molar-refractivity contribution is 0.109. The first kappa shape index (κ1) is 12.5. The van der Waals surface area contributed by atoms with E-state index in [1.54, 1.807) is 0 Å². The predicted molar refractivity (Wildman–Crippen MR) is 74.0 cm³/mol. The molecule has 2 rings (SSSR count). The van der Waals surface area contributed by atoms with Gasteiger partial charge in [-0.15, -0.1) is 0 Å². The molecule has 0 radical (unpaired) electrons. The number of likely N-dealkylation sites (N-methyl/N-ethyl adjacent to an activating group) is 1. The van der Waals surface area contributed by atoms with E-state index in [-0.39, 0.29) is 10.4 Å². The number of rotatable bonds is 3. The quantitative estimate of drug-likeness (QED) is 0.821. The van der Waals surface area contributed by atoms with E-state index in [9.17, 15) is 4.79 Å². The molecule has 0 aromatic heterocycles. The van der Waals surface area contributed by atoms with E-state index in [2.05, 4.69) is 17.0 Å². The molecule has 4 heteroatoms. The van der Waals surface area contributed by atoms with Gasteiger partial charge in [-0.3, -0.25) is 4.79 Å². The maximum Gasteiger partial charge on any atom is 0.220 e. The molecular weight excluding hydrogens is 232 g/mol. The van der Waals surface area contributed by atoms with Gasteiger partial charge in [0.2, 0.25) is 5.12 Å². The standard InChI is InChI=1S/C13H18N2OS/c1-14(2)8-12-10-6-5-9(15(3)4)7-11(10)13(16)17-12/h5-7,12H,8H2,1-4H3. The fraction of sp³-hybridized carbons (Fsp3) is 0.462. The van der Waals surface area contributed by atoms with Gasteiger partial charge < -0.3 is 9.80 Å². The molecule has 1 heterocycles. The molecule has 0 bridgehead atoms. The molecule has 0 saturated heterocycles. The van der Waals surface area contributed by atoms with Gasteiger partial charge in [-0.1, -0.05) is 17.8 Å². The predicted octanol–water partition coefficient (Wildman–Crippen LogP) is 2.24. The number of anilines is 1. The first-order chi connectivity index (χ1) is 7.99. The Bertz CT molecular complexity index is 443. The summed E-state index contributed by atoms with van der Waals surface area (Å²) in [5.74, 6) is 0. The number of carbonyl (C=O) groups excluding carboxylic acids is 1. The SMILES string of the molecule is CN(C)CC1SC(=O)c2cc(N(C)C)ccc21. The molecule has 1 aromatic carbocycles. The van der Waals surface area contributed by atoms with E-state index < -0.39 is 0 Å². The Hall–Kier alpha value is -1.00. The highest BCUT2D eigenvalue weighted by molar-refractivity contribution is 8.14. The fourth-order valence-electron chi connectivity index (χ4n) is 2.00. The summed E-state index contributed by atoms with van der Waals surface area (Å²) >= 11 is 1.44. The van der Waals surface area contributed by atoms with Gasteiger partial charge in [-0.05, 0) is 31.8 Å². The van der Waals surface area contributed by atoms with Crippen molar-refractivity contribution in [2.75, 3.05) is 39.6 Å². The Morgan fingerprint density at radius 1 is 1.24 bits per heavy atom.